The van der Waals surface area contributed by atoms with Gasteiger partial charge in [0.05, 0.1) is 4.92 Å². The molecule has 0 aromatic heterocycles. The molecule has 88 valence electrons. The van der Waals surface area contributed by atoms with E-state index in [1.807, 2.05) is 0 Å². The molecule has 0 bridgehead atoms. The van der Waals surface area contributed by atoms with Gasteiger partial charge in [0.2, 0.25) is 5.91 Å². The lowest BCUT2D eigenvalue weighted by Crippen LogP contribution is -2.31. The fourth-order valence-corrected chi connectivity index (χ4v) is 2.05. The van der Waals surface area contributed by atoms with E-state index in [1.165, 1.54) is 17.9 Å². The van der Waals surface area contributed by atoms with E-state index in [0.717, 1.165) is 0 Å². The minimum absolute atomic E-state index is 0.146. The summed E-state index contributed by atoms with van der Waals surface area (Å²) in [5.41, 5.74) is 0.757. The third-order valence-electron chi connectivity index (χ3n) is 2.52. The highest BCUT2D eigenvalue weighted by molar-refractivity contribution is 6.31. The second kappa shape index (κ2) is 4.18. The molecular weight excluding hydrogens is 244 g/mol. The van der Waals surface area contributed by atoms with Crippen LogP contribution in [0.1, 0.15) is 12.5 Å². The van der Waals surface area contributed by atoms with Crippen molar-refractivity contribution >= 4 is 35.0 Å². The molecule has 1 aliphatic heterocycles. The van der Waals surface area contributed by atoms with Crippen LogP contribution in [0.3, 0.4) is 0 Å². The summed E-state index contributed by atoms with van der Waals surface area (Å²) >= 11 is 5.81. The van der Waals surface area contributed by atoms with Gasteiger partial charge >= 0.3 is 0 Å². The molecule has 1 heterocycles. The number of fused-ring (bicyclic) bond motifs is 1. The molecule has 1 aromatic rings. The van der Waals surface area contributed by atoms with Gasteiger partial charge in [-0.15, -0.1) is 0 Å². The average Bonchev–Trinajstić information content (AvgIpc) is 2.26. The Kier molecular flexibility index (Phi) is 2.85. The number of amides is 1. The van der Waals surface area contributed by atoms with Crippen molar-refractivity contribution in [1.82, 2.24) is 0 Å². The van der Waals surface area contributed by atoms with Gasteiger partial charge in [0.15, 0.2) is 0 Å². The molecule has 1 aromatic carbocycles. The second-order valence-corrected chi connectivity index (χ2v) is 4.09. The lowest BCUT2D eigenvalue weighted by Gasteiger charge is -2.24. The summed E-state index contributed by atoms with van der Waals surface area (Å²) in [4.78, 5) is 23.3. The van der Waals surface area contributed by atoms with E-state index in [1.54, 1.807) is 18.2 Å². The minimum Gasteiger partial charge on any atom is -0.302 e. The van der Waals surface area contributed by atoms with Crippen LogP contribution in [0.25, 0.3) is 6.08 Å². The van der Waals surface area contributed by atoms with E-state index >= 15 is 0 Å². The second-order valence-electron chi connectivity index (χ2n) is 3.65. The van der Waals surface area contributed by atoms with Gasteiger partial charge in [-0.1, -0.05) is 23.8 Å². The predicted molar refractivity (Wildman–Crippen MR) is 65.2 cm³/mol. The number of carbonyl (C=O) groups excluding carboxylic acids is 1. The Morgan fingerprint density at radius 1 is 1.53 bits per heavy atom. The van der Waals surface area contributed by atoms with Gasteiger partial charge in [-0.25, -0.2) is 0 Å². The van der Waals surface area contributed by atoms with Crippen molar-refractivity contribution in [2.75, 3.05) is 11.4 Å². The topological polar surface area (TPSA) is 63.5 Å². The highest BCUT2D eigenvalue weighted by Gasteiger charge is 2.27. The summed E-state index contributed by atoms with van der Waals surface area (Å²) < 4.78 is 0. The highest BCUT2D eigenvalue weighted by Crippen LogP contribution is 2.37. The van der Waals surface area contributed by atoms with Crippen molar-refractivity contribution in [1.29, 1.82) is 0 Å². The maximum atomic E-state index is 11.5. The zero-order chi connectivity index (χ0) is 12.6. The van der Waals surface area contributed by atoms with Gasteiger partial charge in [0.1, 0.15) is 5.69 Å². The number of halogens is 1. The molecule has 0 atom stereocenters. The highest BCUT2D eigenvalue weighted by atomic mass is 35.5. The van der Waals surface area contributed by atoms with Crippen molar-refractivity contribution in [2.24, 2.45) is 0 Å². The molecule has 0 saturated carbocycles. The Morgan fingerprint density at radius 2 is 2.24 bits per heavy atom. The minimum atomic E-state index is -0.528. The van der Waals surface area contributed by atoms with E-state index < -0.39 is 4.92 Å². The van der Waals surface area contributed by atoms with E-state index in [-0.39, 0.29) is 16.6 Å². The fraction of sp³-hybridized carbons (Fsp3) is 0.182. The monoisotopic (exact) mass is 252 g/mol. The van der Waals surface area contributed by atoms with Crippen LogP contribution in [-0.4, -0.2) is 17.4 Å². The molecule has 0 N–H and O–H groups in total. The smallest absolute Gasteiger partial charge is 0.295 e. The molecule has 0 saturated heterocycles. The number of nitro benzene ring substituents is 1. The number of anilines is 1. The molecule has 0 fully saturated rings. The van der Waals surface area contributed by atoms with Crippen molar-refractivity contribution in [3.63, 3.8) is 0 Å². The SMILES string of the molecule is CC(=O)N1CC=Cc2cc(Cl)cc([N+](=O)[O-])c21. The number of benzene rings is 1. The van der Waals surface area contributed by atoms with Crippen molar-refractivity contribution < 1.29 is 9.72 Å². The molecular formula is C11H9ClN2O3. The van der Waals surface area contributed by atoms with Crippen molar-refractivity contribution in [2.45, 2.75) is 6.92 Å². The number of nitro groups is 1. The maximum Gasteiger partial charge on any atom is 0.295 e. The van der Waals surface area contributed by atoms with E-state index in [2.05, 4.69) is 0 Å². The Balaban J connectivity index is 2.70. The van der Waals surface area contributed by atoms with Crippen LogP contribution < -0.4 is 4.90 Å². The molecule has 2 rings (SSSR count). The Hall–Kier alpha value is -1.88. The zero-order valence-corrected chi connectivity index (χ0v) is 9.77. The molecule has 0 radical (unpaired) electrons. The van der Waals surface area contributed by atoms with Crippen molar-refractivity contribution in [3.05, 3.63) is 38.9 Å². The average molecular weight is 253 g/mol. The lowest BCUT2D eigenvalue weighted by atomic mass is 10.1. The third kappa shape index (κ3) is 2.01. The van der Waals surface area contributed by atoms with Crippen LogP contribution in [0.5, 0.6) is 0 Å². The normalized spacial score (nSPS) is 13.4. The Labute approximate surface area is 102 Å². The number of carbonyl (C=O) groups is 1. The summed E-state index contributed by atoms with van der Waals surface area (Å²) in [6.07, 6.45) is 3.50. The number of hydrogen-bond acceptors (Lipinski definition) is 3. The van der Waals surface area contributed by atoms with Gasteiger partial charge in [0.25, 0.3) is 5.69 Å². The van der Waals surface area contributed by atoms with Gasteiger partial charge < -0.3 is 4.90 Å². The van der Waals surface area contributed by atoms with Crippen LogP contribution in [0, 0.1) is 10.1 Å². The molecule has 0 unspecified atom stereocenters. The molecule has 0 spiro atoms. The van der Waals surface area contributed by atoms with Gasteiger partial charge in [-0.2, -0.15) is 0 Å². The van der Waals surface area contributed by atoms with E-state index in [4.69, 9.17) is 11.6 Å². The largest absolute Gasteiger partial charge is 0.302 e. The van der Waals surface area contributed by atoms with E-state index in [0.29, 0.717) is 17.8 Å². The molecule has 17 heavy (non-hydrogen) atoms. The first-order valence-electron chi connectivity index (χ1n) is 4.93. The zero-order valence-electron chi connectivity index (χ0n) is 9.01. The molecule has 0 aliphatic carbocycles. The first-order valence-corrected chi connectivity index (χ1v) is 5.31. The van der Waals surface area contributed by atoms with Gasteiger partial charge in [-0.05, 0) is 6.07 Å². The number of nitrogens with zero attached hydrogens (tertiary/aromatic N) is 2. The summed E-state index contributed by atoms with van der Waals surface area (Å²) in [5.74, 6) is -0.235. The van der Waals surface area contributed by atoms with Crippen molar-refractivity contribution in [3.8, 4) is 0 Å². The summed E-state index contributed by atoms with van der Waals surface area (Å²) in [5, 5.41) is 11.3. The Bertz CT molecular complexity index is 540. The quantitative estimate of drug-likeness (QED) is 0.570. The molecule has 6 heteroatoms. The Morgan fingerprint density at radius 3 is 2.82 bits per heavy atom. The van der Waals surface area contributed by atoms with E-state index in [9.17, 15) is 14.9 Å². The lowest BCUT2D eigenvalue weighted by molar-refractivity contribution is -0.384. The van der Waals surface area contributed by atoms with Crippen LogP contribution in [0.15, 0.2) is 18.2 Å². The van der Waals surface area contributed by atoms with Crippen LogP contribution in [-0.2, 0) is 4.79 Å². The number of hydrogen-bond donors (Lipinski definition) is 0. The third-order valence-corrected chi connectivity index (χ3v) is 2.73. The molecule has 1 amide bonds. The van der Waals surface area contributed by atoms with Crippen LogP contribution >= 0.6 is 11.6 Å². The molecule has 5 nitrogen and oxygen atoms in total. The predicted octanol–water partition coefficient (Wildman–Crippen LogP) is 2.63. The standard InChI is InChI=1S/C11H9ClN2O3/c1-7(15)13-4-2-3-8-5-9(12)6-10(11(8)13)14(16)17/h2-3,5-6H,4H2,1H3. The fourth-order valence-electron chi connectivity index (χ4n) is 1.83. The summed E-state index contributed by atoms with van der Waals surface area (Å²) in [6, 6.07) is 2.87. The first kappa shape index (κ1) is 11.6. The van der Waals surface area contributed by atoms with Crippen LogP contribution in [0.4, 0.5) is 11.4 Å². The van der Waals surface area contributed by atoms with Gasteiger partial charge in [0, 0.05) is 30.1 Å². The summed E-state index contributed by atoms with van der Waals surface area (Å²) in [6.45, 7) is 1.71. The van der Waals surface area contributed by atoms with Crippen LogP contribution in [0.2, 0.25) is 5.02 Å². The maximum absolute atomic E-state index is 11.5. The summed E-state index contributed by atoms with van der Waals surface area (Å²) in [7, 11) is 0. The molecule has 1 aliphatic rings. The first-order chi connectivity index (χ1) is 8.00. The van der Waals surface area contributed by atoms with Gasteiger partial charge in [-0.3, -0.25) is 14.9 Å². The number of rotatable bonds is 1.